The van der Waals surface area contributed by atoms with Gasteiger partial charge in [-0.3, -0.25) is 4.79 Å². The SMILES string of the molecule is CCCCCCC/C=C\C/C=C\C/C=C\CCCCCCCCCCCCCCCCCCCCC(=O)NC(COC1OC(CO)C(O)C(O)C1O)C(O)/C=C/CC/C=C/CC/C=C/CCCCCCCCCCCCCCCCCCCC. The van der Waals surface area contributed by atoms with Crippen LogP contribution in [0.1, 0.15) is 341 Å². The van der Waals surface area contributed by atoms with Crippen LogP contribution in [0.15, 0.2) is 72.9 Å². The Bertz CT molecular complexity index is 1560. The Morgan fingerprint density at radius 3 is 1.08 bits per heavy atom. The van der Waals surface area contributed by atoms with Crippen molar-refractivity contribution in [2.24, 2.45) is 0 Å². The Kier molecular flexibility index (Phi) is 60.3. The molecule has 490 valence electrons. The number of nitrogens with one attached hydrogen (secondary N) is 1. The minimum atomic E-state index is -1.58. The number of allylic oxidation sites excluding steroid dienone is 11. The maximum absolute atomic E-state index is 13.1. The molecule has 0 aliphatic carbocycles. The number of aliphatic hydroxyl groups is 5. The fraction of sp³-hybridized carbons (Fsp3) is 0.827. The lowest BCUT2D eigenvalue weighted by Crippen LogP contribution is -2.60. The molecule has 84 heavy (non-hydrogen) atoms. The molecule has 0 radical (unpaired) electrons. The van der Waals surface area contributed by atoms with Crippen LogP contribution in [0, 0.1) is 0 Å². The normalized spacial score (nSPS) is 18.6. The van der Waals surface area contributed by atoms with Crippen LogP contribution >= 0.6 is 0 Å². The Morgan fingerprint density at radius 1 is 0.405 bits per heavy atom. The zero-order valence-corrected chi connectivity index (χ0v) is 54.9. The molecule has 1 aliphatic rings. The molecular formula is C75H137NO8. The molecule has 1 saturated heterocycles. The second-order valence-electron chi connectivity index (χ2n) is 25.0. The van der Waals surface area contributed by atoms with E-state index in [1.165, 1.54) is 263 Å². The molecule has 0 aromatic carbocycles. The van der Waals surface area contributed by atoms with Gasteiger partial charge in [-0.15, -0.1) is 0 Å². The summed E-state index contributed by atoms with van der Waals surface area (Å²) >= 11 is 0. The summed E-state index contributed by atoms with van der Waals surface area (Å²) < 4.78 is 11.3. The standard InChI is InChI=1S/C75H137NO8/c1-3-5-7-9-11-13-15-17-19-21-23-25-27-29-31-33-34-35-36-37-39-41-43-45-47-49-51-53-55-57-59-61-63-65-71(79)76-68(67-83-75-74(82)73(81)72(80)70(66-77)84-75)69(78)64-62-60-58-56-54-52-50-48-46-44-42-40-38-32-30-28-26-24-22-20-18-16-14-12-10-8-6-4-2/h15,17,21,23,27,29,46,48,54,56,62,64,68-70,72-75,77-78,80-82H,3-14,16,18-20,22,24-26,28,30-45,47,49-53,55,57-61,63,65-67H2,1-2H3,(H,76,79)/b17-15-,23-21-,29-27-,48-46+,56-54+,64-62+. The van der Waals surface area contributed by atoms with Gasteiger partial charge < -0.3 is 40.3 Å². The van der Waals surface area contributed by atoms with E-state index in [9.17, 15) is 30.3 Å². The van der Waals surface area contributed by atoms with Crippen molar-refractivity contribution in [2.45, 2.75) is 384 Å². The molecule has 0 saturated carbocycles. The van der Waals surface area contributed by atoms with Crippen molar-refractivity contribution in [1.82, 2.24) is 5.32 Å². The molecular weight excluding hydrogens is 1040 g/mol. The Labute approximate surface area is 519 Å². The molecule has 1 heterocycles. The van der Waals surface area contributed by atoms with E-state index in [-0.39, 0.29) is 12.5 Å². The Balaban J connectivity index is 2.15. The maximum atomic E-state index is 13.1. The minimum absolute atomic E-state index is 0.187. The van der Waals surface area contributed by atoms with E-state index in [0.717, 1.165) is 57.8 Å². The number of carbonyl (C=O) groups is 1. The molecule has 7 unspecified atom stereocenters. The quantitative estimate of drug-likeness (QED) is 0.0261. The third-order valence-electron chi connectivity index (χ3n) is 17.0. The second-order valence-corrected chi connectivity index (χ2v) is 25.0. The van der Waals surface area contributed by atoms with E-state index in [0.29, 0.717) is 6.42 Å². The third kappa shape index (κ3) is 51.7. The Morgan fingerprint density at radius 2 is 0.714 bits per heavy atom. The lowest BCUT2D eigenvalue weighted by Gasteiger charge is -2.40. The summed E-state index contributed by atoms with van der Waals surface area (Å²) in [6.07, 6.45) is 83.0. The van der Waals surface area contributed by atoms with Gasteiger partial charge in [-0.2, -0.15) is 0 Å². The van der Waals surface area contributed by atoms with Crippen molar-refractivity contribution in [1.29, 1.82) is 0 Å². The first-order chi connectivity index (χ1) is 41.3. The van der Waals surface area contributed by atoms with Gasteiger partial charge in [0.25, 0.3) is 0 Å². The van der Waals surface area contributed by atoms with Crippen LogP contribution in [0.3, 0.4) is 0 Å². The van der Waals surface area contributed by atoms with Crippen molar-refractivity contribution < 1.29 is 39.8 Å². The summed E-state index contributed by atoms with van der Waals surface area (Å²) in [5.74, 6) is -0.187. The lowest BCUT2D eigenvalue weighted by molar-refractivity contribution is -0.302. The van der Waals surface area contributed by atoms with Crippen molar-refractivity contribution >= 4 is 5.91 Å². The van der Waals surface area contributed by atoms with E-state index >= 15 is 0 Å². The van der Waals surface area contributed by atoms with Crippen LogP contribution in [-0.2, 0) is 14.3 Å². The van der Waals surface area contributed by atoms with Crippen LogP contribution in [0.5, 0.6) is 0 Å². The number of ether oxygens (including phenoxy) is 2. The van der Waals surface area contributed by atoms with Crippen molar-refractivity contribution in [2.75, 3.05) is 13.2 Å². The van der Waals surface area contributed by atoms with E-state index in [2.05, 4.69) is 79.9 Å². The Hall–Kier alpha value is -2.37. The van der Waals surface area contributed by atoms with Crippen LogP contribution in [0.2, 0.25) is 0 Å². The summed E-state index contributed by atoms with van der Waals surface area (Å²) in [5.41, 5.74) is 0. The summed E-state index contributed by atoms with van der Waals surface area (Å²) in [6.45, 7) is 3.79. The molecule has 0 aromatic rings. The zero-order valence-electron chi connectivity index (χ0n) is 54.9. The topological polar surface area (TPSA) is 149 Å². The van der Waals surface area contributed by atoms with Gasteiger partial charge >= 0.3 is 0 Å². The maximum Gasteiger partial charge on any atom is 0.220 e. The monoisotopic (exact) mass is 1180 g/mol. The highest BCUT2D eigenvalue weighted by Gasteiger charge is 2.44. The third-order valence-corrected chi connectivity index (χ3v) is 17.0. The van der Waals surface area contributed by atoms with Crippen molar-refractivity contribution in [3.8, 4) is 0 Å². The van der Waals surface area contributed by atoms with Gasteiger partial charge in [0.2, 0.25) is 5.91 Å². The molecule has 0 bridgehead atoms. The molecule has 9 heteroatoms. The number of carbonyl (C=O) groups excluding carboxylic acids is 1. The predicted octanol–water partition coefficient (Wildman–Crippen LogP) is 19.9. The highest BCUT2D eigenvalue weighted by Crippen LogP contribution is 2.23. The predicted molar refractivity (Wildman–Crippen MR) is 359 cm³/mol. The highest BCUT2D eigenvalue weighted by atomic mass is 16.7. The highest BCUT2D eigenvalue weighted by molar-refractivity contribution is 5.76. The zero-order chi connectivity index (χ0) is 60.7. The van der Waals surface area contributed by atoms with E-state index < -0.39 is 49.5 Å². The molecule has 1 amide bonds. The first kappa shape index (κ1) is 79.6. The molecule has 1 fully saturated rings. The average Bonchev–Trinajstić information content (AvgIpc) is 3.70. The van der Waals surface area contributed by atoms with Gasteiger partial charge in [0, 0.05) is 6.42 Å². The molecule has 6 N–H and O–H groups in total. The minimum Gasteiger partial charge on any atom is -0.394 e. The molecule has 7 atom stereocenters. The summed E-state index contributed by atoms with van der Waals surface area (Å²) in [5, 5.41) is 54.8. The molecule has 1 rings (SSSR count). The van der Waals surface area contributed by atoms with Gasteiger partial charge in [-0.25, -0.2) is 0 Å². The molecule has 9 nitrogen and oxygen atoms in total. The number of hydrogen-bond donors (Lipinski definition) is 6. The number of unbranched alkanes of at least 4 members (excludes halogenated alkanes) is 43. The van der Waals surface area contributed by atoms with E-state index in [1.54, 1.807) is 6.08 Å². The lowest BCUT2D eigenvalue weighted by atomic mass is 9.99. The summed E-state index contributed by atoms with van der Waals surface area (Å²) in [6, 6.07) is -0.832. The molecule has 0 aromatic heterocycles. The summed E-state index contributed by atoms with van der Waals surface area (Å²) in [7, 11) is 0. The molecule has 0 spiro atoms. The van der Waals surface area contributed by atoms with Gasteiger partial charge in [0.1, 0.15) is 24.4 Å². The summed E-state index contributed by atoms with van der Waals surface area (Å²) in [4.78, 5) is 13.1. The number of amides is 1. The first-order valence-electron chi connectivity index (χ1n) is 36.2. The fourth-order valence-corrected chi connectivity index (χ4v) is 11.3. The molecule has 1 aliphatic heterocycles. The largest absolute Gasteiger partial charge is 0.394 e. The number of aliphatic hydroxyl groups excluding tert-OH is 5. The van der Waals surface area contributed by atoms with Gasteiger partial charge in [-0.1, -0.05) is 324 Å². The fourth-order valence-electron chi connectivity index (χ4n) is 11.3. The van der Waals surface area contributed by atoms with Crippen molar-refractivity contribution in [3.05, 3.63) is 72.9 Å². The first-order valence-corrected chi connectivity index (χ1v) is 36.2. The van der Waals surface area contributed by atoms with E-state index in [1.807, 2.05) is 6.08 Å². The number of hydrogen-bond acceptors (Lipinski definition) is 8. The average molecular weight is 1180 g/mol. The van der Waals surface area contributed by atoms with Crippen LogP contribution in [0.25, 0.3) is 0 Å². The van der Waals surface area contributed by atoms with Gasteiger partial charge in [0.15, 0.2) is 6.29 Å². The van der Waals surface area contributed by atoms with Crippen LogP contribution in [-0.4, -0.2) is 87.5 Å². The van der Waals surface area contributed by atoms with Crippen LogP contribution < -0.4 is 5.32 Å². The second kappa shape index (κ2) is 63.6. The smallest absolute Gasteiger partial charge is 0.220 e. The van der Waals surface area contributed by atoms with Gasteiger partial charge in [0.05, 0.1) is 25.4 Å². The van der Waals surface area contributed by atoms with Crippen LogP contribution in [0.4, 0.5) is 0 Å². The number of rotatable bonds is 63. The van der Waals surface area contributed by atoms with Crippen molar-refractivity contribution in [3.63, 3.8) is 0 Å². The van der Waals surface area contributed by atoms with Gasteiger partial charge in [-0.05, 0) is 83.5 Å². The van der Waals surface area contributed by atoms with E-state index in [4.69, 9.17) is 9.47 Å².